The van der Waals surface area contributed by atoms with E-state index in [0.29, 0.717) is 13.1 Å². The van der Waals surface area contributed by atoms with Gasteiger partial charge in [0.25, 0.3) is 5.91 Å². The van der Waals surface area contributed by atoms with Crippen LogP contribution in [0.4, 0.5) is 8.78 Å². The average molecular weight is 351 g/mol. The van der Waals surface area contributed by atoms with E-state index in [-0.39, 0.29) is 31.7 Å². The Morgan fingerprint density at radius 1 is 0.760 bits per heavy atom. The predicted molar refractivity (Wildman–Crippen MR) is 84.7 cm³/mol. The number of hydrogen-bond donors (Lipinski definition) is 0. The normalized spacial score (nSPS) is 17.8. The first-order valence-electron chi connectivity index (χ1n) is 8.30. The fourth-order valence-electron chi connectivity index (χ4n) is 3.14. The summed E-state index contributed by atoms with van der Waals surface area (Å²) < 4.78 is 27.0. The molecule has 3 amide bonds. The van der Waals surface area contributed by atoms with Crippen molar-refractivity contribution in [1.29, 1.82) is 0 Å². The quantitative estimate of drug-likeness (QED) is 0.706. The third-order valence-corrected chi connectivity index (χ3v) is 4.59. The largest absolute Gasteiger partial charge is 0.335 e. The van der Waals surface area contributed by atoms with Crippen molar-refractivity contribution in [1.82, 2.24) is 14.7 Å². The lowest BCUT2D eigenvalue weighted by atomic mass is 10.1. The number of piperazine rings is 1. The molecule has 0 saturated carbocycles. The van der Waals surface area contributed by atoms with E-state index in [1.807, 2.05) is 0 Å². The summed E-state index contributed by atoms with van der Waals surface area (Å²) in [4.78, 5) is 41.0. The number of amides is 3. The Morgan fingerprint density at radius 3 is 1.88 bits per heavy atom. The summed E-state index contributed by atoms with van der Waals surface area (Å²) in [7, 11) is 0. The van der Waals surface area contributed by atoms with Gasteiger partial charge in [-0.3, -0.25) is 14.4 Å². The van der Waals surface area contributed by atoms with Gasteiger partial charge < -0.3 is 14.7 Å². The maximum atomic E-state index is 13.7. The molecule has 0 radical (unpaired) electrons. The van der Waals surface area contributed by atoms with Crippen LogP contribution in [0, 0.1) is 11.6 Å². The Bertz CT molecular complexity index is 696. The number of likely N-dealkylation sites (tertiary alicyclic amines) is 1. The molecule has 1 aromatic carbocycles. The molecular weight excluding hydrogens is 332 g/mol. The van der Waals surface area contributed by atoms with Crippen LogP contribution in [0.25, 0.3) is 0 Å². The SMILES string of the molecule is O=C(C(=O)N1CCN(C(=O)c2cc(F)ccc2F)CC1)N1CCCC1. The summed E-state index contributed by atoms with van der Waals surface area (Å²) in [5, 5.41) is 0. The van der Waals surface area contributed by atoms with E-state index in [0.717, 1.165) is 31.0 Å². The van der Waals surface area contributed by atoms with Gasteiger partial charge in [-0.05, 0) is 31.0 Å². The van der Waals surface area contributed by atoms with E-state index in [1.54, 1.807) is 4.90 Å². The van der Waals surface area contributed by atoms with Crippen LogP contribution in [0.2, 0.25) is 0 Å². The van der Waals surface area contributed by atoms with Crippen molar-refractivity contribution in [2.24, 2.45) is 0 Å². The number of carbonyl (C=O) groups excluding carboxylic acids is 3. The predicted octanol–water partition coefficient (Wildman–Crippen LogP) is 0.872. The Balaban J connectivity index is 1.59. The van der Waals surface area contributed by atoms with Gasteiger partial charge in [-0.25, -0.2) is 8.78 Å². The van der Waals surface area contributed by atoms with Crippen LogP contribution in [-0.4, -0.2) is 71.7 Å². The van der Waals surface area contributed by atoms with Gasteiger partial charge in [0, 0.05) is 39.3 Å². The number of benzene rings is 1. The Morgan fingerprint density at radius 2 is 1.28 bits per heavy atom. The Labute approximate surface area is 144 Å². The molecule has 0 spiro atoms. The third-order valence-electron chi connectivity index (χ3n) is 4.59. The fraction of sp³-hybridized carbons (Fsp3) is 0.471. The standard InChI is InChI=1S/C17H19F2N3O3/c18-12-3-4-14(19)13(11-12)15(23)21-7-9-22(10-8-21)17(25)16(24)20-5-1-2-6-20/h3-4,11H,1-2,5-10H2. The molecule has 0 atom stereocenters. The molecule has 0 bridgehead atoms. The van der Waals surface area contributed by atoms with Crippen LogP contribution >= 0.6 is 0 Å². The van der Waals surface area contributed by atoms with Crippen LogP contribution in [0.3, 0.4) is 0 Å². The van der Waals surface area contributed by atoms with Gasteiger partial charge in [0.15, 0.2) is 0 Å². The van der Waals surface area contributed by atoms with Crippen molar-refractivity contribution in [2.75, 3.05) is 39.3 Å². The first-order valence-corrected chi connectivity index (χ1v) is 8.30. The highest BCUT2D eigenvalue weighted by molar-refractivity contribution is 6.35. The Hall–Kier alpha value is -2.51. The maximum Gasteiger partial charge on any atom is 0.312 e. The molecule has 0 aromatic heterocycles. The minimum absolute atomic E-state index is 0.174. The van der Waals surface area contributed by atoms with E-state index in [1.165, 1.54) is 9.80 Å². The highest BCUT2D eigenvalue weighted by atomic mass is 19.1. The van der Waals surface area contributed by atoms with E-state index >= 15 is 0 Å². The minimum Gasteiger partial charge on any atom is -0.335 e. The van der Waals surface area contributed by atoms with E-state index in [2.05, 4.69) is 0 Å². The zero-order chi connectivity index (χ0) is 18.0. The number of rotatable bonds is 1. The lowest BCUT2D eigenvalue weighted by Gasteiger charge is -2.35. The second-order valence-electron chi connectivity index (χ2n) is 6.21. The molecule has 8 heteroatoms. The van der Waals surface area contributed by atoms with Gasteiger partial charge >= 0.3 is 11.8 Å². The zero-order valence-corrected chi connectivity index (χ0v) is 13.7. The molecule has 2 aliphatic rings. The summed E-state index contributed by atoms with van der Waals surface area (Å²) in [6, 6.07) is 2.73. The van der Waals surface area contributed by atoms with Crippen molar-refractivity contribution in [3.63, 3.8) is 0 Å². The molecule has 2 saturated heterocycles. The molecule has 2 aliphatic heterocycles. The highest BCUT2D eigenvalue weighted by Crippen LogP contribution is 2.15. The van der Waals surface area contributed by atoms with E-state index in [9.17, 15) is 23.2 Å². The molecule has 6 nitrogen and oxygen atoms in total. The average Bonchev–Trinajstić information content (AvgIpc) is 3.16. The Kier molecular flexibility index (Phi) is 4.96. The lowest BCUT2D eigenvalue weighted by molar-refractivity contribution is -0.152. The molecular formula is C17H19F2N3O3. The van der Waals surface area contributed by atoms with Gasteiger partial charge in [-0.15, -0.1) is 0 Å². The summed E-state index contributed by atoms with van der Waals surface area (Å²) in [6.07, 6.45) is 1.81. The second kappa shape index (κ2) is 7.16. The van der Waals surface area contributed by atoms with E-state index in [4.69, 9.17) is 0 Å². The van der Waals surface area contributed by atoms with Crippen LogP contribution in [0.5, 0.6) is 0 Å². The first-order chi connectivity index (χ1) is 12.0. The molecule has 3 rings (SSSR count). The monoisotopic (exact) mass is 351 g/mol. The van der Waals surface area contributed by atoms with Crippen LogP contribution < -0.4 is 0 Å². The van der Waals surface area contributed by atoms with E-state index < -0.39 is 29.4 Å². The van der Waals surface area contributed by atoms with Crippen molar-refractivity contribution < 1.29 is 23.2 Å². The van der Waals surface area contributed by atoms with Gasteiger partial charge in [0.1, 0.15) is 11.6 Å². The minimum atomic E-state index is -0.783. The molecule has 0 aliphatic carbocycles. The van der Waals surface area contributed by atoms with Crippen molar-refractivity contribution >= 4 is 17.7 Å². The van der Waals surface area contributed by atoms with Crippen molar-refractivity contribution in [3.05, 3.63) is 35.4 Å². The highest BCUT2D eigenvalue weighted by Gasteiger charge is 2.32. The maximum absolute atomic E-state index is 13.7. The van der Waals surface area contributed by atoms with Crippen molar-refractivity contribution in [2.45, 2.75) is 12.8 Å². The van der Waals surface area contributed by atoms with Crippen molar-refractivity contribution in [3.8, 4) is 0 Å². The van der Waals surface area contributed by atoms with Crippen LogP contribution in [-0.2, 0) is 9.59 Å². The van der Waals surface area contributed by atoms with Crippen LogP contribution in [0.15, 0.2) is 18.2 Å². The van der Waals surface area contributed by atoms with Gasteiger partial charge in [-0.2, -0.15) is 0 Å². The summed E-state index contributed by atoms with van der Waals surface area (Å²) >= 11 is 0. The van der Waals surface area contributed by atoms with Gasteiger partial charge in [0.05, 0.1) is 5.56 Å². The molecule has 134 valence electrons. The molecule has 0 N–H and O–H groups in total. The lowest BCUT2D eigenvalue weighted by Crippen LogP contribution is -2.54. The third kappa shape index (κ3) is 3.62. The van der Waals surface area contributed by atoms with Crippen LogP contribution in [0.1, 0.15) is 23.2 Å². The number of halogens is 2. The van der Waals surface area contributed by atoms with Gasteiger partial charge in [0.2, 0.25) is 0 Å². The molecule has 2 heterocycles. The fourth-order valence-corrected chi connectivity index (χ4v) is 3.14. The molecule has 2 fully saturated rings. The second-order valence-corrected chi connectivity index (χ2v) is 6.21. The first kappa shape index (κ1) is 17.3. The smallest absolute Gasteiger partial charge is 0.312 e. The number of hydrogen-bond acceptors (Lipinski definition) is 3. The molecule has 0 unspecified atom stereocenters. The summed E-state index contributed by atoms with van der Waals surface area (Å²) in [5.41, 5.74) is -0.326. The molecule has 1 aromatic rings. The van der Waals surface area contributed by atoms with Gasteiger partial charge in [-0.1, -0.05) is 0 Å². The topological polar surface area (TPSA) is 60.9 Å². The zero-order valence-electron chi connectivity index (χ0n) is 13.7. The number of carbonyl (C=O) groups is 3. The number of nitrogens with zero attached hydrogens (tertiary/aromatic N) is 3. The summed E-state index contributed by atoms with van der Waals surface area (Å²) in [6.45, 7) is 1.94. The summed E-state index contributed by atoms with van der Waals surface area (Å²) in [5.74, 6) is -3.15. The molecule has 25 heavy (non-hydrogen) atoms.